The van der Waals surface area contributed by atoms with Gasteiger partial charge < -0.3 is 14.4 Å². The molecule has 0 bridgehead atoms. The van der Waals surface area contributed by atoms with Crippen LogP contribution in [0.4, 0.5) is 11.4 Å². The molecule has 0 fully saturated rings. The molecule has 8 nitrogen and oxygen atoms in total. The topological polar surface area (TPSA) is 99.0 Å². The van der Waals surface area contributed by atoms with Crippen molar-refractivity contribution in [2.75, 3.05) is 19.1 Å². The van der Waals surface area contributed by atoms with Crippen molar-refractivity contribution >= 4 is 23.3 Å². The van der Waals surface area contributed by atoms with E-state index in [2.05, 4.69) is 0 Å². The first-order chi connectivity index (χ1) is 12.3. The van der Waals surface area contributed by atoms with Crippen LogP contribution in [0.3, 0.4) is 0 Å². The minimum absolute atomic E-state index is 0.122. The molecule has 0 aromatic heterocycles. The Balaban J connectivity index is 2.17. The highest BCUT2D eigenvalue weighted by atomic mass is 16.6. The lowest BCUT2D eigenvalue weighted by molar-refractivity contribution is -0.384. The molecule has 26 heavy (non-hydrogen) atoms. The summed E-state index contributed by atoms with van der Waals surface area (Å²) in [6.07, 6.45) is -1.09. The third-order valence-electron chi connectivity index (χ3n) is 3.72. The molecule has 2 rings (SSSR count). The molecule has 1 amide bonds. The maximum absolute atomic E-state index is 12.4. The van der Waals surface area contributed by atoms with E-state index in [-0.39, 0.29) is 17.0 Å². The monoisotopic (exact) mass is 358 g/mol. The molecule has 0 aliphatic heterocycles. The van der Waals surface area contributed by atoms with E-state index >= 15 is 0 Å². The number of ether oxygens (including phenoxy) is 2. The number of carbonyl (C=O) groups is 2. The molecule has 0 N–H and O–H groups in total. The van der Waals surface area contributed by atoms with Gasteiger partial charge in [0.1, 0.15) is 11.3 Å². The highest BCUT2D eigenvalue weighted by Gasteiger charge is 2.26. The molecule has 136 valence electrons. The zero-order chi connectivity index (χ0) is 19.3. The summed E-state index contributed by atoms with van der Waals surface area (Å²) in [7, 11) is 2.89. The van der Waals surface area contributed by atoms with Crippen molar-refractivity contribution in [1.29, 1.82) is 0 Å². The lowest BCUT2D eigenvalue weighted by Crippen LogP contribution is -2.37. The van der Waals surface area contributed by atoms with Gasteiger partial charge in [-0.1, -0.05) is 18.2 Å². The third kappa shape index (κ3) is 4.15. The number of para-hydroxylation sites is 1. The van der Waals surface area contributed by atoms with E-state index in [0.717, 1.165) is 6.07 Å². The maximum Gasteiger partial charge on any atom is 0.342 e. The maximum atomic E-state index is 12.4. The second-order valence-electron chi connectivity index (χ2n) is 5.42. The van der Waals surface area contributed by atoms with Gasteiger partial charge in [0, 0.05) is 24.9 Å². The Hall–Kier alpha value is -3.42. The molecule has 0 unspecified atom stereocenters. The molecule has 0 heterocycles. The van der Waals surface area contributed by atoms with Crippen LogP contribution in [0.25, 0.3) is 0 Å². The molecule has 0 spiro atoms. The average Bonchev–Trinajstić information content (AvgIpc) is 2.66. The third-order valence-corrected chi connectivity index (χ3v) is 3.72. The van der Waals surface area contributed by atoms with E-state index in [0.29, 0.717) is 5.69 Å². The molecular weight excluding hydrogens is 340 g/mol. The zero-order valence-corrected chi connectivity index (χ0v) is 14.5. The lowest BCUT2D eigenvalue weighted by Gasteiger charge is -2.21. The Morgan fingerprint density at radius 3 is 2.38 bits per heavy atom. The van der Waals surface area contributed by atoms with E-state index in [4.69, 9.17) is 9.47 Å². The molecule has 0 aliphatic carbocycles. The van der Waals surface area contributed by atoms with Crippen molar-refractivity contribution in [1.82, 2.24) is 0 Å². The molecule has 1 atom stereocenters. The van der Waals surface area contributed by atoms with Crippen molar-refractivity contribution in [3.05, 3.63) is 64.2 Å². The fourth-order valence-electron chi connectivity index (χ4n) is 2.30. The number of hydrogen-bond acceptors (Lipinski definition) is 6. The van der Waals surface area contributed by atoms with Crippen molar-refractivity contribution in [2.24, 2.45) is 0 Å². The highest BCUT2D eigenvalue weighted by molar-refractivity contribution is 5.99. The van der Waals surface area contributed by atoms with Gasteiger partial charge in [-0.2, -0.15) is 0 Å². The van der Waals surface area contributed by atoms with Crippen LogP contribution < -0.4 is 9.64 Å². The molecule has 2 aromatic carbocycles. The summed E-state index contributed by atoms with van der Waals surface area (Å²) in [5.41, 5.74) is 0.246. The highest BCUT2D eigenvalue weighted by Crippen LogP contribution is 2.25. The first-order valence-electron chi connectivity index (χ1n) is 7.71. The van der Waals surface area contributed by atoms with Gasteiger partial charge in [0.05, 0.1) is 12.0 Å². The molecular formula is C18H18N2O6. The smallest absolute Gasteiger partial charge is 0.342 e. The number of non-ortho nitro benzene ring substituents is 1. The number of carbonyl (C=O) groups excluding carboxylic acids is 2. The van der Waals surface area contributed by atoms with Crippen LogP contribution in [0.1, 0.15) is 17.3 Å². The van der Waals surface area contributed by atoms with Crippen LogP contribution in [0.5, 0.6) is 5.75 Å². The second kappa shape index (κ2) is 8.11. The number of nitro benzene ring substituents is 1. The van der Waals surface area contributed by atoms with Gasteiger partial charge in [-0.25, -0.2) is 4.79 Å². The Kier molecular flexibility index (Phi) is 5.90. The van der Waals surface area contributed by atoms with Crippen LogP contribution in [-0.2, 0) is 9.53 Å². The van der Waals surface area contributed by atoms with Gasteiger partial charge in [0.15, 0.2) is 6.10 Å². The first kappa shape index (κ1) is 18.9. The number of hydrogen-bond donors (Lipinski definition) is 0. The SMILES string of the molecule is COc1ccc([N+](=O)[O-])cc1C(=O)O[C@@H](C)C(=O)N(C)c1ccccc1. The zero-order valence-electron chi connectivity index (χ0n) is 14.5. The Labute approximate surface area is 150 Å². The second-order valence-corrected chi connectivity index (χ2v) is 5.42. The molecule has 2 aromatic rings. The van der Waals surface area contributed by atoms with Crippen molar-refractivity contribution in [3.63, 3.8) is 0 Å². The number of anilines is 1. The predicted octanol–water partition coefficient (Wildman–Crippen LogP) is 2.81. The lowest BCUT2D eigenvalue weighted by atomic mass is 10.1. The van der Waals surface area contributed by atoms with Gasteiger partial charge in [-0.05, 0) is 25.1 Å². The van der Waals surface area contributed by atoms with Crippen molar-refractivity contribution in [2.45, 2.75) is 13.0 Å². The summed E-state index contributed by atoms with van der Waals surface area (Å²) in [5.74, 6) is -1.20. The van der Waals surface area contributed by atoms with Crippen LogP contribution in [0, 0.1) is 10.1 Å². The summed E-state index contributed by atoms with van der Waals surface area (Å²) in [6, 6.07) is 12.4. The average molecular weight is 358 g/mol. The predicted molar refractivity (Wildman–Crippen MR) is 94.4 cm³/mol. The Bertz CT molecular complexity index is 822. The van der Waals surface area contributed by atoms with E-state index < -0.39 is 22.9 Å². The normalized spacial score (nSPS) is 11.3. The standard InChI is InChI=1S/C18H18N2O6/c1-12(17(21)19(2)13-7-5-4-6-8-13)26-18(22)15-11-14(20(23)24)9-10-16(15)25-3/h4-12H,1-3H3/t12-/m0/s1. The number of likely N-dealkylation sites (N-methyl/N-ethyl adjacent to an activating group) is 1. The van der Waals surface area contributed by atoms with Crippen molar-refractivity contribution < 1.29 is 24.0 Å². The fraction of sp³-hybridized carbons (Fsp3) is 0.222. The molecule has 8 heteroatoms. The Morgan fingerprint density at radius 1 is 1.15 bits per heavy atom. The summed E-state index contributed by atoms with van der Waals surface area (Å²) < 4.78 is 10.2. The van der Waals surface area contributed by atoms with Gasteiger partial charge in [-0.15, -0.1) is 0 Å². The number of methoxy groups -OCH3 is 1. The summed E-state index contributed by atoms with van der Waals surface area (Å²) in [6.45, 7) is 1.43. The summed E-state index contributed by atoms with van der Waals surface area (Å²) >= 11 is 0. The number of benzene rings is 2. The number of nitrogens with zero attached hydrogens (tertiary/aromatic N) is 2. The summed E-state index contributed by atoms with van der Waals surface area (Å²) in [4.78, 5) is 36.5. The van der Waals surface area contributed by atoms with E-state index in [1.165, 1.54) is 31.1 Å². The number of nitro groups is 1. The molecule has 0 radical (unpaired) electrons. The largest absolute Gasteiger partial charge is 0.496 e. The van der Waals surface area contributed by atoms with Crippen LogP contribution in [0.2, 0.25) is 0 Å². The van der Waals surface area contributed by atoms with E-state index in [9.17, 15) is 19.7 Å². The van der Waals surface area contributed by atoms with Gasteiger partial charge in [0.2, 0.25) is 0 Å². The van der Waals surface area contributed by atoms with Gasteiger partial charge in [0.25, 0.3) is 11.6 Å². The summed E-state index contributed by atoms with van der Waals surface area (Å²) in [5, 5.41) is 10.9. The molecule has 0 saturated carbocycles. The van der Waals surface area contributed by atoms with Gasteiger partial charge in [-0.3, -0.25) is 14.9 Å². The number of rotatable bonds is 6. The van der Waals surface area contributed by atoms with Crippen LogP contribution in [-0.4, -0.2) is 37.1 Å². The molecule has 0 saturated heterocycles. The van der Waals surface area contributed by atoms with E-state index in [1.54, 1.807) is 31.3 Å². The minimum Gasteiger partial charge on any atom is -0.496 e. The molecule has 0 aliphatic rings. The first-order valence-corrected chi connectivity index (χ1v) is 7.71. The number of esters is 1. The fourth-order valence-corrected chi connectivity index (χ4v) is 2.30. The van der Waals surface area contributed by atoms with E-state index in [1.807, 2.05) is 6.07 Å². The van der Waals surface area contributed by atoms with Crippen LogP contribution >= 0.6 is 0 Å². The van der Waals surface area contributed by atoms with Crippen LogP contribution in [0.15, 0.2) is 48.5 Å². The van der Waals surface area contributed by atoms with Gasteiger partial charge >= 0.3 is 5.97 Å². The quantitative estimate of drug-likeness (QED) is 0.447. The minimum atomic E-state index is -1.09. The Morgan fingerprint density at radius 2 is 1.81 bits per heavy atom. The van der Waals surface area contributed by atoms with Crippen molar-refractivity contribution in [3.8, 4) is 5.75 Å². The number of amides is 1.